The van der Waals surface area contributed by atoms with E-state index in [1.54, 1.807) is 12.1 Å². The zero-order valence-corrected chi connectivity index (χ0v) is 16.8. The highest BCUT2D eigenvalue weighted by molar-refractivity contribution is 9.10. The largest absolute Gasteiger partial charge is 0.330 e. The first-order chi connectivity index (χ1) is 12.5. The van der Waals surface area contributed by atoms with Crippen LogP contribution in [0.3, 0.4) is 0 Å². The molecule has 0 saturated carbocycles. The van der Waals surface area contributed by atoms with Crippen LogP contribution in [0.1, 0.15) is 12.5 Å². The Balaban J connectivity index is 1.62. The minimum absolute atomic E-state index is 0.128. The van der Waals surface area contributed by atoms with Gasteiger partial charge in [0.05, 0.1) is 0 Å². The summed E-state index contributed by atoms with van der Waals surface area (Å²) in [5, 5.41) is 14.7. The fraction of sp³-hybridized carbons (Fsp3) is 0.118. The number of rotatable bonds is 6. The quantitative estimate of drug-likeness (QED) is 0.487. The van der Waals surface area contributed by atoms with E-state index in [0.717, 1.165) is 10.0 Å². The lowest BCUT2D eigenvalue weighted by Gasteiger charge is -2.05. The Morgan fingerprint density at radius 3 is 2.81 bits per heavy atom. The van der Waals surface area contributed by atoms with Gasteiger partial charge in [-0.2, -0.15) is 0 Å². The molecule has 2 N–H and O–H groups in total. The molecule has 0 aliphatic carbocycles. The third-order valence-corrected chi connectivity index (χ3v) is 5.72. The van der Waals surface area contributed by atoms with E-state index in [1.165, 1.54) is 36.1 Å². The van der Waals surface area contributed by atoms with Gasteiger partial charge in [-0.1, -0.05) is 51.2 Å². The summed E-state index contributed by atoms with van der Waals surface area (Å²) in [7, 11) is 0. The fourth-order valence-corrected chi connectivity index (χ4v) is 4.19. The maximum atomic E-state index is 13.9. The number of nitrogens with one attached hydrogen (secondary N) is 2. The first-order valence-electron chi connectivity index (χ1n) is 7.54. The lowest BCUT2D eigenvalue weighted by molar-refractivity contribution is -0.114. The number of carbonyl (C=O) groups excluding carboxylic acids is 1. The second-order valence-electron chi connectivity index (χ2n) is 5.28. The molecule has 0 bridgehead atoms. The highest BCUT2D eigenvalue weighted by Crippen LogP contribution is 2.31. The van der Waals surface area contributed by atoms with Crippen molar-refractivity contribution in [1.82, 2.24) is 10.2 Å². The van der Waals surface area contributed by atoms with Crippen molar-refractivity contribution in [2.75, 3.05) is 10.6 Å². The molecule has 1 heterocycles. The molecule has 1 aromatic heterocycles. The second kappa shape index (κ2) is 8.61. The van der Waals surface area contributed by atoms with E-state index in [1.807, 2.05) is 24.3 Å². The van der Waals surface area contributed by atoms with Crippen molar-refractivity contribution in [3.05, 3.63) is 58.3 Å². The SMILES string of the molecule is CC(=O)Nc1cccc(Nc2nnc(SCc3ccc(Br)cc3F)s2)c1. The van der Waals surface area contributed by atoms with Gasteiger partial charge in [-0.25, -0.2) is 4.39 Å². The van der Waals surface area contributed by atoms with Crippen LogP contribution in [0.5, 0.6) is 0 Å². The Morgan fingerprint density at radius 1 is 1.23 bits per heavy atom. The number of thioether (sulfide) groups is 1. The highest BCUT2D eigenvalue weighted by Gasteiger charge is 2.09. The zero-order valence-electron chi connectivity index (χ0n) is 13.6. The number of carbonyl (C=O) groups is 1. The highest BCUT2D eigenvalue weighted by atomic mass is 79.9. The maximum absolute atomic E-state index is 13.9. The summed E-state index contributed by atoms with van der Waals surface area (Å²) in [6.07, 6.45) is 0. The van der Waals surface area contributed by atoms with Crippen molar-refractivity contribution >= 4 is 61.4 Å². The van der Waals surface area contributed by atoms with Crippen molar-refractivity contribution in [1.29, 1.82) is 0 Å². The normalized spacial score (nSPS) is 10.6. The molecular formula is C17H14BrFN4OS2. The van der Waals surface area contributed by atoms with Gasteiger partial charge in [-0.15, -0.1) is 10.2 Å². The smallest absolute Gasteiger partial charge is 0.221 e. The van der Waals surface area contributed by atoms with Crippen LogP contribution in [-0.4, -0.2) is 16.1 Å². The predicted molar refractivity (Wildman–Crippen MR) is 108 cm³/mol. The Kier molecular flexibility index (Phi) is 6.23. The van der Waals surface area contributed by atoms with Gasteiger partial charge >= 0.3 is 0 Å². The predicted octanol–water partition coefficient (Wildman–Crippen LogP) is 5.43. The molecule has 2 aromatic carbocycles. The molecule has 0 aliphatic rings. The van der Waals surface area contributed by atoms with E-state index in [-0.39, 0.29) is 11.7 Å². The van der Waals surface area contributed by atoms with Crippen LogP contribution >= 0.6 is 39.0 Å². The van der Waals surface area contributed by atoms with Crippen molar-refractivity contribution in [3.63, 3.8) is 0 Å². The minimum atomic E-state index is -0.246. The zero-order chi connectivity index (χ0) is 18.5. The Morgan fingerprint density at radius 2 is 2.04 bits per heavy atom. The number of halogens is 2. The van der Waals surface area contributed by atoms with E-state index >= 15 is 0 Å². The number of benzene rings is 2. The number of amides is 1. The van der Waals surface area contributed by atoms with Gasteiger partial charge in [0.25, 0.3) is 0 Å². The maximum Gasteiger partial charge on any atom is 0.221 e. The van der Waals surface area contributed by atoms with Crippen LogP contribution in [0.4, 0.5) is 20.9 Å². The van der Waals surface area contributed by atoms with Crippen LogP contribution in [0, 0.1) is 5.82 Å². The number of aromatic nitrogens is 2. The molecule has 3 rings (SSSR count). The summed E-state index contributed by atoms with van der Waals surface area (Å²) in [5.41, 5.74) is 2.11. The number of anilines is 3. The average Bonchev–Trinajstić information content (AvgIpc) is 3.01. The third kappa shape index (κ3) is 5.26. The van der Waals surface area contributed by atoms with E-state index in [2.05, 4.69) is 36.8 Å². The molecule has 0 unspecified atom stereocenters. The molecule has 5 nitrogen and oxygen atoms in total. The molecule has 0 radical (unpaired) electrons. The molecule has 9 heteroatoms. The topological polar surface area (TPSA) is 66.9 Å². The summed E-state index contributed by atoms with van der Waals surface area (Å²) in [6, 6.07) is 12.3. The van der Waals surface area contributed by atoms with Crippen molar-refractivity contribution in [3.8, 4) is 0 Å². The molecule has 0 aliphatic heterocycles. The van der Waals surface area contributed by atoms with Crippen molar-refractivity contribution in [2.45, 2.75) is 17.0 Å². The number of nitrogens with zero attached hydrogens (tertiary/aromatic N) is 2. The summed E-state index contributed by atoms with van der Waals surface area (Å²) < 4.78 is 15.3. The third-order valence-electron chi connectivity index (χ3n) is 3.21. The molecule has 0 fully saturated rings. The molecule has 0 spiro atoms. The summed E-state index contributed by atoms with van der Waals surface area (Å²) in [4.78, 5) is 11.1. The van der Waals surface area contributed by atoms with Gasteiger partial charge in [0.15, 0.2) is 4.34 Å². The minimum Gasteiger partial charge on any atom is -0.330 e. The van der Waals surface area contributed by atoms with Crippen molar-refractivity contribution in [2.24, 2.45) is 0 Å². The van der Waals surface area contributed by atoms with E-state index in [9.17, 15) is 9.18 Å². The number of hydrogen-bond acceptors (Lipinski definition) is 6. The summed E-state index contributed by atoms with van der Waals surface area (Å²) in [5.74, 6) is 0.104. The lowest BCUT2D eigenvalue weighted by Crippen LogP contribution is -2.05. The van der Waals surface area contributed by atoms with E-state index < -0.39 is 0 Å². The summed E-state index contributed by atoms with van der Waals surface area (Å²) >= 11 is 6.06. The molecule has 3 aromatic rings. The lowest BCUT2D eigenvalue weighted by atomic mass is 10.2. The van der Waals surface area contributed by atoms with E-state index in [4.69, 9.17) is 0 Å². The van der Waals surface area contributed by atoms with Crippen LogP contribution < -0.4 is 10.6 Å². The van der Waals surface area contributed by atoms with Crippen LogP contribution in [0.15, 0.2) is 51.3 Å². The second-order valence-corrected chi connectivity index (χ2v) is 8.40. The molecule has 1 amide bonds. The Bertz CT molecular complexity index is 935. The van der Waals surface area contributed by atoms with Crippen LogP contribution in [0.2, 0.25) is 0 Å². The number of hydrogen-bond donors (Lipinski definition) is 2. The van der Waals surface area contributed by atoms with Gasteiger partial charge in [-0.05, 0) is 35.9 Å². The van der Waals surface area contributed by atoms with Gasteiger partial charge in [0.1, 0.15) is 5.82 Å². The molecule has 0 saturated heterocycles. The fourth-order valence-electron chi connectivity index (χ4n) is 2.10. The van der Waals surface area contributed by atoms with Gasteiger partial charge < -0.3 is 10.6 Å². The monoisotopic (exact) mass is 452 g/mol. The van der Waals surface area contributed by atoms with Gasteiger partial charge in [0.2, 0.25) is 11.0 Å². The molecule has 26 heavy (non-hydrogen) atoms. The molecule has 134 valence electrons. The van der Waals surface area contributed by atoms with Crippen molar-refractivity contribution < 1.29 is 9.18 Å². The van der Waals surface area contributed by atoms with Crippen LogP contribution in [-0.2, 0) is 10.5 Å². The Hall–Kier alpha value is -1.97. The van der Waals surface area contributed by atoms with Gasteiger partial charge in [-0.3, -0.25) is 4.79 Å². The Labute approximate surface area is 166 Å². The standard InChI is InChI=1S/C17H14BrFN4OS2/c1-10(24)20-13-3-2-4-14(8-13)21-16-22-23-17(26-16)25-9-11-5-6-12(18)7-15(11)19/h2-8H,9H2,1H3,(H,20,24)(H,21,22). The van der Waals surface area contributed by atoms with E-state index in [0.29, 0.717) is 26.6 Å². The first kappa shape index (κ1) is 18.8. The molecular weight excluding hydrogens is 439 g/mol. The first-order valence-corrected chi connectivity index (χ1v) is 10.1. The van der Waals surface area contributed by atoms with Crippen LogP contribution in [0.25, 0.3) is 0 Å². The molecule has 0 atom stereocenters. The summed E-state index contributed by atoms with van der Waals surface area (Å²) in [6.45, 7) is 1.46. The van der Waals surface area contributed by atoms with Gasteiger partial charge in [0, 0.05) is 28.5 Å². The average molecular weight is 453 g/mol.